The van der Waals surface area contributed by atoms with Gasteiger partial charge in [-0.3, -0.25) is 0 Å². The summed E-state index contributed by atoms with van der Waals surface area (Å²) in [6, 6.07) is 1.46. The number of aromatic hydroxyl groups is 1. The molecule has 1 aromatic carbocycles. The van der Waals surface area contributed by atoms with Crippen LogP contribution >= 0.6 is 11.6 Å². The van der Waals surface area contributed by atoms with Crippen LogP contribution in [0.3, 0.4) is 0 Å². The fourth-order valence-electron chi connectivity index (χ4n) is 2.24. The molecule has 2 rings (SSSR count). The van der Waals surface area contributed by atoms with Crippen LogP contribution in [0.15, 0.2) is 6.07 Å². The van der Waals surface area contributed by atoms with Gasteiger partial charge in [0.15, 0.2) is 0 Å². The van der Waals surface area contributed by atoms with Crippen molar-refractivity contribution >= 4 is 11.6 Å². The van der Waals surface area contributed by atoms with Crippen LogP contribution in [0.1, 0.15) is 29.9 Å². The third-order valence-corrected chi connectivity index (χ3v) is 3.40. The van der Waals surface area contributed by atoms with Crippen molar-refractivity contribution in [3.05, 3.63) is 28.0 Å². The summed E-state index contributed by atoms with van der Waals surface area (Å²) in [5, 5.41) is 13.3. The normalized spacial score (nSPS) is 21.1. The minimum atomic E-state index is -0.324. The highest BCUT2D eigenvalue weighted by molar-refractivity contribution is 6.32. The lowest BCUT2D eigenvalue weighted by atomic mass is 9.89. The minimum Gasteiger partial charge on any atom is -0.506 e. The van der Waals surface area contributed by atoms with Gasteiger partial charge < -0.3 is 10.4 Å². The summed E-state index contributed by atoms with van der Waals surface area (Å²) in [6.45, 7) is 3.32. The number of nitrogens with one attached hydrogen (secondary N) is 1. The smallest absolute Gasteiger partial charge is 0.140 e. The van der Waals surface area contributed by atoms with Crippen LogP contribution in [-0.4, -0.2) is 18.2 Å². The summed E-state index contributed by atoms with van der Waals surface area (Å²) < 4.78 is 14.0. The van der Waals surface area contributed by atoms with Gasteiger partial charge in [-0.1, -0.05) is 11.6 Å². The highest BCUT2D eigenvalue weighted by atomic mass is 35.5. The van der Waals surface area contributed by atoms with E-state index in [2.05, 4.69) is 5.32 Å². The first-order valence-corrected chi connectivity index (χ1v) is 5.87. The molecule has 0 radical (unpaired) electrons. The molecule has 1 saturated heterocycles. The maximum absolute atomic E-state index is 14.0. The second-order valence-electron chi connectivity index (χ2n) is 4.29. The van der Waals surface area contributed by atoms with Gasteiger partial charge in [-0.15, -0.1) is 0 Å². The van der Waals surface area contributed by atoms with Crippen molar-refractivity contribution in [1.82, 2.24) is 5.32 Å². The second-order valence-corrected chi connectivity index (χ2v) is 4.70. The molecule has 1 aliphatic rings. The van der Waals surface area contributed by atoms with E-state index < -0.39 is 0 Å². The van der Waals surface area contributed by atoms with E-state index in [9.17, 15) is 9.50 Å². The van der Waals surface area contributed by atoms with Gasteiger partial charge >= 0.3 is 0 Å². The highest BCUT2D eigenvalue weighted by Gasteiger charge is 2.24. The van der Waals surface area contributed by atoms with Crippen LogP contribution in [0.5, 0.6) is 5.75 Å². The van der Waals surface area contributed by atoms with E-state index in [1.807, 2.05) is 0 Å². The van der Waals surface area contributed by atoms with Gasteiger partial charge in [-0.2, -0.15) is 0 Å². The van der Waals surface area contributed by atoms with Crippen LogP contribution in [0.25, 0.3) is 0 Å². The summed E-state index contributed by atoms with van der Waals surface area (Å²) in [6.07, 6.45) is 1.88. The molecule has 0 aliphatic carbocycles. The van der Waals surface area contributed by atoms with E-state index in [0.717, 1.165) is 19.4 Å². The average Bonchev–Trinajstić information content (AvgIpc) is 2.28. The standard InChI is InChI=1S/C12H15ClFNO/c1-7-5-9(13)12(16)10(11(7)14)8-3-2-4-15-6-8/h5,8,15-16H,2-4,6H2,1H3. The first-order valence-electron chi connectivity index (χ1n) is 5.49. The molecule has 1 fully saturated rings. The Balaban J connectivity index is 2.45. The predicted octanol–water partition coefficient (Wildman–Crippen LogP) is 2.96. The van der Waals surface area contributed by atoms with Gasteiger partial charge in [0.2, 0.25) is 0 Å². The van der Waals surface area contributed by atoms with Crippen molar-refractivity contribution in [2.75, 3.05) is 13.1 Å². The number of hydrogen-bond acceptors (Lipinski definition) is 2. The minimum absolute atomic E-state index is 0.0196. The molecule has 0 saturated carbocycles. The molecule has 1 heterocycles. The van der Waals surface area contributed by atoms with Gasteiger partial charge in [0, 0.05) is 18.0 Å². The Morgan fingerprint density at radius 1 is 1.56 bits per heavy atom. The van der Waals surface area contributed by atoms with E-state index in [1.165, 1.54) is 6.07 Å². The van der Waals surface area contributed by atoms with Gasteiger partial charge in [-0.05, 0) is 37.9 Å². The maximum Gasteiger partial charge on any atom is 0.140 e. The number of aryl methyl sites for hydroxylation is 1. The third kappa shape index (κ3) is 2.02. The highest BCUT2D eigenvalue weighted by Crippen LogP contribution is 2.38. The Bertz CT molecular complexity index is 376. The Morgan fingerprint density at radius 2 is 2.31 bits per heavy atom. The second kappa shape index (κ2) is 4.60. The molecular formula is C12H15ClFNO. The number of phenols is 1. The van der Waals surface area contributed by atoms with E-state index in [0.29, 0.717) is 17.7 Å². The number of phenolic OH excluding ortho intramolecular Hbond substituents is 1. The number of hydrogen-bond donors (Lipinski definition) is 2. The van der Waals surface area contributed by atoms with Gasteiger partial charge in [0.25, 0.3) is 0 Å². The average molecular weight is 244 g/mol. The monoisotopic (exact) mass is 243 g/mol. The maximum atomic E-state index is 14.0. The zero-order valence-corrected chi connectivity index (χ0v) is 9.94. The van der Waals surface area contributed by atoms with E-state index in [4.69, 9.17) is 11.6 Å². The molecule has 16 heavy (non-hydrogen) atoms. The quantitative estimate of drug-likeness (QED) is 0.795. The van der Waals surface area contributed by atoms with E-state index in [1.54, 1.807) is 6.92 Å². The molecule has 1 aromatic rings. The lowest BCUT2D eigenvalue weighted by Crippen LogP contribution is -2.29. The molecular weight excluding hydrogens is 229 g/mol. The Morgan fingerprint density at radius 3 is 2.94 bits per heavy atom. The molecule has 1 aliphatic heterocycles. The summed E-state index contributed by atoms with van der Waals surface area (Å²) in [7, 11) is 0. The van der Waals surface area contributed by atoms with Crippen molar-refractivity contribution in [1.29, 1.82) is 0 Å². The third-order valence-electron chi connectivity index (χ3n) is 3.11. The summed E-state index contributed by atoms with van der Waals surface area (Å²) in [5.41, 5.74) is 0.862. The van der Waals surface area contributed by atoms with E-state index in [-0.39, 0.29) is 22.5 Å². The summed E-state index contributed by atoms with van der Waals surface area (Å²) in [4.78, 5) is 0. The molecule has 4 heteroatoms. The van der Waals surface area contributed by atoms with Crippen LogP contribution in [0.4, 0.5) is 4.39 Å². The molecule has 1 atom stereocenters. The Kier molecular flexibility index (Phi) is 3.36. The molecule has 0 bridgehead atoms. The van der Waals surface area contributed by atoms with Crippen molar-refractivity contribution in [2.45, 2.75) is 25.7 Å². The molecule has 88 valence electrons. The first-order chi connectivity index (χ1) is 7.61. The molecule has 2 nitrogen and oxygen atoms in total. The Labute approximate surface area is 99.4 Å². The molecule has 2 N–H and O–H groups in total. The Hall–Kier alpha value is -0.800. The number of halogens is 2. The molecule has 0 aromatic heterocycles. The fraction of sp³-hybridized carbons (Fsp3) is 0.500. The lowest BCUT2D eigenvalue weighted by molar-refractivity contribution is 0.409. The molecule has 0 amide bonds. The summed E-state index contributed by atoms with van der Waals surface area (Å²) in [5.74, 6) is -0.403. The molecule has 0 spiro atoms. The van der Waals surface area contributed by atoms with Crippen LogP contribution < -0.4 is 5.32 Å². The van der Waals surface area contributed by atoms with Crippen LogP contribution in [0, 0.1) is 12.7 Å². The van der Waals surface area contributed by atoms with Gasteiger partial charge in [-0.25, -0.2) is 4.39 Å². The van der Waals surface area contributed by atoms with Crippen LogP contribution in [0.2, 0.25) is 5.02 Å². The SMILES string of the molecule is Cc1cc(Cl)c(O)c(C2CCCNC2)c1F. The van der Waals surface area contributed by atoms with Crippen molar-refractivity contribution in [3.8, 4) is 5.75 Å². The number of rotatable bonds is 1. The molecule has 1 unspecified atom stereocenters. The van der Waals surface area contributed by atoms with Crippen LogP contribution in [-0.2, 0) is 0 Å². The van der Waals surface area contributed by atoms with Crippen molar-refractivity contribution in [2.24, 2.45) is 0 Å². The van der Waals surface area contributed by atoms with Crippen molar-refractivity contribution in [3.63, 3.8) is 0 Å². The lowest BCUT2D eigenvalue weighted by Gasteiger charge is -2.25. The number of benzene rings is 1. The zero-order chi connectivity index (χ0) is 11.7. The predicted molar refractivity (Wildman–Crippen MR) is 62.7 cm³/mol. The largest absolute Gasteiger partial charge is 0.506 e. The van der Waals surface area contributed by atoms with Gasteiger partial charge in [0.1, 0.15) is 11.6 Å². The van der Waals surface area contributed by atoms with Crippen molar-refractivity contribution < 1.29 is 9.50 Å². The number of piperidine rings is 1. The summed E-state index contributed by atoms with van der Waals surface area (Å²) >= 11 is 5.87. The topological polar surface area (TPSA) is 32.3 Å². The zero-order valence-electron chi connectivity index (χ0n) is 9.19. The van der Waals surface area contributed by atoms with E-state index >= 15 is 0 Å². The first kappa shape index (κ1) is 11.7. The van der Waals surface area contributed by atoms with Gasteiger partial charge in [0.05, 0.1) is 5.02 Å². The fourth-order valence-corrected chi connectivity index (χ4v) is 2.50.